The van der Waals surface area contributed by atoms with Crippen LogP contribution in [0.5, 0.6) is 17.2 Å². The Hall–Kier alpha value is -3.23. The Morgan fingerprint density at radius 3 is 2.53 bits per heavy atom. The summed E-state index contributed by atoms with van der Waals surface area (Å²) in [6.07, 6.45) is 1.22. The highest BCUT2D eigenvalue weighted by atomic mass is 16.6. The lowest BCUT2D eigenvalue weighted by Gasteiger charge is -2.41. The van der Waals surface area contributed by atoms with Gasteiger partial charge in [-0.2, -0.15) is 4.52 Å². The highest BCUT2D eigenvalue weighted by Gasteiger charge is 2.33. The van der Waals surface area contributed by atoms with Crippen LogP contribution < -0.4 is 24.7 Å². The minimum absolute atomic E-state index is 0.138. The van der Waals surface area contributed by atoms with Crippen LogP contribution in [0.2, 0.25) is 0 Å². The molecule has 2 radical (unpaired) electrons. The SMILES string of the molecule is [B]C1(Oc2ccc3c(c2)OCCO3)CCN(c2nn3c(=O)c(C)c(C)nc3cc2C)CC1. The van der Waals surface area contributed by atoms with Gasteiger partial charge in [0.15, 0.2) is 23.0 Å². The fourth-order valence-electron chi connectivity index (χ4n) is 4.18. The maximum atomic E-state index is 12.7. The fourth-order valence-corrected chi connectivity index (χ4v) is 4.18. The topological polar surface area (TPSA) is 78.2 Å². The summed E-state index contributed by atoms with van der Waals surface area (Å²) in [6.45, 7) is 7.99. The van der Waals surface area contributed by atoms with Gasteiger partial charge in [-0.05, 0) is 57.4 Å². The number of anilines is 1. The van der Waals surface area contributed by atoms with E-state index >= 15 is 0 Å². The predicted octanol–water partition coefficient (Wildman–Crippen LogP) is 2.33. The number of hydrogen-bond acceptors (Lipinski definition) is 7. The number of fused-ring (bicyclic) bond motifs is 2. The standard InChI is InChI=1S/C23H25BN4O4/c1-14-12-20-25-16(3)15(2)22(29)28(20)26-21(14)27-8-6-23(24,7-9-27)32-17-4-5-18-19(13-17)31-11-10-30-18/h4-5,12-13H,6-11H2,1-3H3. The maximum absolute atomic E-state index is 12.7. The van der Waals surface area contributed by atoms with Gasteiger partial charge < -0.3 is 19.1 Å². The van der Waals surface area contributed by atoms with Crippen molar-refractivity contribution >= 4 is 19.3 Å². The molecule has 0 N–H and O–H groups in total. The Morgan fingerprint density at radius 1 is 1.06 bits per heavy atom. The zero-order chi connectivity index (χ0) is 22.5. The van der Waals surface area contributed by atoms with Gasteiger partial charge in [-0.15, -0.1) is 5.10 Å². The molecule has 1 fully saturated rings. The summed E-state index contributed by atoms with van der Waals surface area (Å²) in [5.74, 6) is 2.83. The third kappa shape index (κ3) is 3.65. The van der Waals surface area contributed by atoms with E-state index in [1.165, 1.54) is 4.52 Å². The first-order valence-corrected chi connectivity index (χ1v) is 10.8. The molecule has 1 saturated heterocycles. The Balaban J connectivity index is 1.34. The second-order valence-corrected chi connectivity index (χ2v) is 8.51. The smallest absolute Gasteiger partial charge is 0.277 e. The lowest BCUT2D eigenvalue weighted by atomic mass is 9.73. The fraction of sp³-hybridized carbons (Fsp3) is 0.435. The van der Waals surface area contributed by atoms with E-state index in [1.54, 1.807) is 6.92 Å². The van der Waals surface area contributed by atoms with Gasteiger partial charge in [0.1, 0.15) is 26.8 Å². The molecule has 2 aliphatic heterocycles. The van der Waals surface area contributed by atoms with Crippen LogP contribution in [0.3, 0.4) is 0 Å². The van der Waals surface area contributed by atoms with Gasteiger partial charge in [-0.25, -0.2) is 4.98 Å². The first-order valence-electron chi connectivity index (χ1n) is 10.8. The Kier molecular flexibility index (Phi) is 4.99. The monoisotopic (exact) mass is 432 g/mol. The van der Waals surface area contributed by atoms with Crippen molar-refractivity contribution in [2.45, 2.75) is 39.1 Å². The van der Waals surface area contributed by atoms with Crippen molar-refractivity contribution in [2.24, 2.45) is 0 Å². The zero-order valence-corrected chi connectivity index (χ0v) is 18.6. The van der Waals surface area contributed by atoms with E-state index in [4.69, 9.17) is 22.1 Å². The Labute approximate surface area is 187 Å². The molecule has 0 bridgehead atoms. The first-order chi connectivity index (χ1) is 15.3. The quantitative estimate of drug-likeness (QED) is 0.588. The van der Waals surface area contributed by atoms with Crippen molar-refractivity contribution in [1.82, 2.24) is 14.6 Å². The number of ether oxygens (including phenoxy) is 3. The van der Waals surface area contributed by atoms with Crippen LogP contribution in [0.15, 0.2) is 29.1 Å². The highest BCUT2D eigenvalue weighted by molar-refractivity contribution is 6.14. The normalized spacial score (nSPS) is 17.4. The maximum Gasteiger partial charge on any atom is 0.277 e. The van der Waals surface area contributed by atoms with E-state index in [2.05, 4.69) is 15.0 Å². The molecule has 0 spiro atoms. The molecule has 4 heterocycles. The molecular weight excluding hydrogens is 407 g/mol. The van der Waals surface area contributed by atoms with Crippen LogP contribution >= 0.6 is 0 Å². The van der Waals surface area contributed by atoms with Gasteiger partial charge in [0.25, 0.3) is 5.56 Å². The van der Waals surface area contributed by atoms with Gasteiger partial charge in [0.2, 0.25) is 0 Å². The summed E-state index contributed by atoms with van der Waals surface area (Å²) in [5.41, 5.74) is 1.94. The molecule has 2 aromatic heterocycles. The van der Waals surface area contributed by atoms with Gasteiger partial charge in [0.05, 0.1) is 5.50 Å². The van der Waals surface area contributed by atoms with E-state index in [0.29, 0.717) is 61.9 Å². The van der Waals surface area contributed by atoms with E-state index < -0.39 is 5.50 Å². The third-order valence-corrected chi connectivity index (χ3v) is 6.19. The molecule has 2 aliphatic rings. The summed E-state index contributed by atoms with van der Waals surface area (Å²) in [4.78, 5) is 19.3. The van der Waals surface area contributed by atoms with E-state index in [0.717, 1.165) is 22.8 Å². The second-order valence-electron chi connectivity index (χ2n) is 8.51. The van der Waals surface area contributed by atoms with Gasteiger partial charge in [-0.3, -0.25) is 4.79 Å². The summed E-state index contributed by atoms with van der Waals surface area (Å²) in [5, 5.41) is 4.64. The molecule has 5 rings (SSSR count). The summed E-state index contributed by atoms with van der Waals surface area (Å²) in [7, 11) is 6.59. The first kappa shape index (κ1) is 20.7. The average molecular weight is 432 g/mol. The molecule has 0 amide bonds. The number of benzene rings is 1. The lowest BCUT2D eigenvalue weighted by molar-refractivity contribution is 0.124. The Bertz CT molecular complexity index is 1250. The number of aromatic nitrogens is 3. The molecule has 1 aromatic carbocycles. The second kappa shape index (κ2) is 7.72. The highest BCUT2D eigenvalue weighted by Crippen LogP contribution is 2.36. The minimum atomic E-state index is -0.795. The van der Waals surface area contributed by atoms with E-state index in [9.17, 15) is 4.79 Å². The molecule has 9 heteroatoms. The minimum Gasteiger partial charge on any atom is -0.497 e. The number of rotatable bonds is 3. The summed E-state index contributed by atoms with van der Waals surface area (Å²) >= 11 is 0. The van der Waals surface area contributed by atoms with Crippen molar-refractivity contribution in [3.8, 4) is 17.2 Å². The molecule has 0 unspecified atom stereocenters. The molecule has 8 nitrogen and oxygen atoms in total. The van der Waals surface area contributed by atoms with Crippen LogP contribution in [0.1, 0.15) is 29.7 Å². The van der Waals surface area contributed by atoms with Crippen molar-refractivity contribution in [3.63, 3.8) is 0 Å². The number of nitrogens with zero attached hydrogens (tertiary/aromatic N) is 4. The van der Waals surface area contributed by atoms with Crippen LogP contribution in [-0.4, -0.2) is 54.2 Å². The van der Waals surface area contributed by atoms with Crippen molar-refractivity contribution in [1.29, 1.82) is 0 Å². The molecule has 0 atom stereocenters. The Morgan fingerprint density at radius 2 is 1.78 bits per heavy atom. The molecule has 0 aliphatic carbocycles. The van der Waals surface area contributed by atoms with Gasteiger partial charge in [0, 0.05) is 30.4 Å². The molecular formula is C23H25BN4O4. The number of piperidine rings is 1. The molecule has 3 aromatic rings. The third-order valence-electron chi connectivity index (χ3n) is 6.19. The summed E-state index contributed by atoms with van der Waals surface area (Å²) < 4.78 is 18.8. The van der Waals surface area contributed by atoms with Crippen LogP contribution in [-0.2, 0) is 0 Å². The van der Waals surface area contributed by atoms with Crippen molar-refractivity contribution < 1.29 is 14.2 Å². The molecule has 164 valence electrons. The molecule has 0 saturated carbocycles. The lowest BCUT2D eigenvalue weighted by Crippen LogP contribution is -2.49. The summed E-state index contributed by atoms with van der Waals surface area (Å²) in [6, 6.07) is 7.44. The number of aryl methyl sites for hydroxylation is 2. The molecule has 32 heavy (non-hydrogen) atoms. The van der Waals surface area contributed by atoms with Gasteiger partial charge in [-0.1, -0.05) is 0 Å². The number of hydrogen-bond donors (Lipinski definition) is 0. The van der Waals surface area contributed by atoms with E-state index in [-0.39, 0.29) is 5.56 Å². The largest absolute Gasteiger partial charge is 0.497 e. The zero-order valence-electron chi connectivity index (χ0n) is 18.6. The van der Waals surface area contributed by atoms with Crippen molar-refractivity contribution in [3.05, 3.63) is 51.4 Å². The van der Waals surface area contributed by atoms with Crippen LogP contribution in [0.4, 0.5) is 5.82 Å². The predicted molar refractivity (Wildman–Crippen MR) is 121 cm³/mol. The van der Waals surface area contributed by atoms with Gasteiger partial charge >= 0.3 is 0 Å². The van der Waals surface area contributed by atoms with Crippen LogP contribution in [0, 0.1) is 20.8 Å². The average Bonchev–Trinajstić information content (AvgIpc) is 2.78. The van der Waals surface area contributed by atoms with E-state index in [1.807, 2.05) is 38.1 Å². The van der Waals surface area contributed by atoms with Crippen LogP contribution in [0.25, 0.3) is 5.65 Å². The van der Waals surface area contributed by atoms with Crippen molar-refractivity contribution in [2.75, 3.05) is 31.2 Å².